The van der Waals surface area contributed by atoms with Gasteiger partial charge in [0.1, 0.15) is 0 Å². The number of piperidine rings is 1. The van der Waals surface area contributed by atoms with E-state index >= 15 is 0 Å². The highest BCUT2D eigenvalue weighted by atomic mass is 16.5. The van der Waals surface area contributed by atoms with Gasteiger partial charge < -0.3 is 33.7 Å². The van der Waals surface area contributed by atoms with E-state index in [1.807, 2.05) is 30.0 Å². The summed E-state index contributed by atoms with van der Waals surface area (Å²) in [5.74, 6) is 2.78. The van der Waals surface area contributed by atoms with Gasteiger partial charge in [-0.15, -0.1) is 0 Å². The van der Waals surface area contributed by atoms with Gasteiger partial charge in [0.2, 0.25) is 11.7 Å². The Hall–Kier alpha value is -3.95. The van der Waals surface area contributed by atoms with Crippen molar-refractivity contribution in [1.29, 1.82) is 0 Å². The van der Waals surface area contributed by atoms with Gasteiger partial charge in [0.15, 0.2) is 23.0 Å². The maximum Gasteiger partial charge on any atom is 0.324 e. The molecule has 1 amide bonds. The highest BCUT2D eigenvalue weighted by molar-refractivity contribution is 5.93. The molecule has 3 aromatic rings. The fraction of sp³-hybridized carbons (Fsp3) is 0.400. The first-order valence-electron chi connectivity index (χ1n) is 11.5. The molecule has 0 unspecified atom stereocenters. The summed E-state index contributed by atoms with van der Waals surface area (Å²) in [5, 5.41) is 7.10. The maximum absolute atomic E-state index is 12.8. The monoisotopic (exact) mass is 482 g/mol. The van der Waals surface area contributed by atoms with Crippen LogP contribution in [0.2, 0.25) is 0 Å². The molecule has 1 N–H and O–H groups in total. The van der Waals surface area contributed by atoms with Crippen LogP contribution in [-0.2, 0) is 4.79 Å². The summed E-state index contributed by atoms with van der Waals surface area (Å²) in [6.45, 7) is 3.74. The highest BCUT2D eigenvalue weighted by Gasteiger charge is 2.28. The Morgan fingerprint density at radius 1 is 1.00 bits per heavy atom. The summed E-state index contributed by atoms with van der Waals surface area (Å²) < 4.78 is 27.1. The van der Waals surface area contributed by atoms with Crippen LogP contribution in [0.5, 0.6) is 23.0 Å². The molecule has 35 heavy (non-hydrogen) atoms. The number of rotatable bonds is 9. The van der Waals surface area contributed by atoms with E-state index < -0.39 is 0 Å². The van der Waals surface area contributed by atoms with Gasteiger partial charge in [0.05, 0.1) is 27.9 Å². The molecular weight excluding hydrogens is 452 g/mol. The van der Waals surface area contributed by atoms with E-state index in [1.54, 1.807) is 39.5 Å². The van der Waals surface area contributed by atoms with Crippen molar-refractivity contribution in [3.05, 3.63) is 36.4 Å². The van der Waals surface area contributed by atoms with Gasteiger partial charge in [-0.2, -0.15) is 4.98 Å². The van der Waals surface area contributed by atoms with Crippen LogP contribution in [0.3, 0.4) is 0 Å². The van der Waals surface area contributed by atoms with Crippen molar-refractivity contribution < 1.29 is 28.3 Å². The molecule has 2 heterocycles. The number of nitrogens with one attached hydrogen (secondary N) is 1. The second-order valence-electron chi connectivity index (χ2n) is 8.02. The second-order valence-corrected chi connectivity index (χ2v) is 8.02. The average Bonchev–Trinajstić information content (AvgIpc) is 3.39. The molecular formula is C25H30N4O6. The van der Waals surface area contributed by atoms with E-state index in [0.717, 1.165) is 5.56 Å². The Morgan fingerprint density at radius 2 is 1.69 bits per heavy atom. The molecule has 1 aliphatic rings. The Morgan fingerprint density at radius 3 is 2.37 bits per heavy atom. The first-order chi connectivity index (χ1) is 17.1. The summed E-state index contributed by atoms with van der Waals surface area (Å²) in [4.78, 5) is 19.4. The quantitative estimate of drug-likeness (QED) is 0.484. The Kier molecular flexibility index (Phi) is 7.59. The third kappa shape index (κ3) is 5.42. The molecule has 0 atom stereocenters. The van der Waals surface area contributed by atoms with Crippen molar-refractivity contribution in [3.8, 4) is 34.4 Å². The molecule has 0 bridgehead atoms. The predicted molar refractivity (Wildman–Crippen MR) is 131 cm³/mol. The second kappa shape index (κ2) is 11.0. The Labute approximate surface area is 204 Å². The zero-order chi connectivity index (χ0) is 24.8. The zero-order valence-electron chi connectivity index (χ0n) is 20.4. The minimum Gasteiger partial charge on any atom is -0.493 e. The number of aromatic nitrogens is 2. The number of carbonyl (C=O) groups is 1. The van der Waals surface area contributed by atoms with Gasteiger partial charge in [0.25, 0.3) is 0 Å². The minimum absolute atomic E-state index is 0.0235. The molecule has 186 valence electrons. The number of carbonyl (C=O) groups excluding carboxylic acids is 1. The number of hydrogen-bond donors (Lipinski definition) is 1. The van der Waals surface area contributed by atoms with Crippen molar-refractivity contribution in [2.75, 3.05) is 51.2 Å². The first kappa shape index (κ1) is 24.2. The molecule has 1 aromatic heterocycles. The molecule has 0 radical (unpaired) electrons. The molecule has 4 rings (SSSR count). The number of nitrogens with zero attached hydrogens (tertiary/aromatic N) is 3. The van der Waals surface area contributed by atoms with Crippen LogP contribution in [0, 0.1) is 5.92 Å². The number of benzene rings is 2. The smallest absolute Gasteiger partial charge is 0.324 e. The normalized spacial score (nSPS) is 13.9. The van der Waals surface area contributed by atoms with E-state index in [2.05, 4.69) is 15.5 Å². The fourth-order valence-electron chi connectivity index (χ4n) is 4.03. The highest BCUT2D eigenvalue weighted by Crippen LogP contribution is 2.33. The van der Waals surface area contributed by atoms with Crippen LogP contribution in [0.15, 0.2) is 40.9 Å². The number of methoxy groups -OCH3 is 3. The van der Waals surface area contributed by atoms with Gasteiger partial charge >= 0.3 is 6.01 Å². The molecule has 1 aliphatic heterocycles. The fourth-order valence-corrected chi connectivity index (χ4v) is 4.03. The lowest BCUT2D eigenvalue weighted by Crippen LogP contribution is -2.38. The van der Waals surface area contributed by atoms with Gasteiger partial charge in [-0.25, -0.2) is 0 Å². The topological polar surface area (TPSA) is 108 Å². The molecule has 10 heteroatoms. The molecule has 1 saturated heterocycles. The van der Waals surface area contributed by atoms with Gasteiger partial charge in [0, 0.05) is 36.3 Å². The lowest BCUT2D eigenvalue weighted by Gasteiger charge is -2.29. The van der Waals surface area contributed by atoms with Gasteiger partial charge in [-0.05, 0) is 50.1 Å². The molecule has 2 aromatic carbocycles. The largest absolute Gasteiger partial charge is 0.493 e. The number of anilines is 2. The van der Waals surface area contributed by atoms with E-state index in [1.165, 1.54) is 0 Å². The van der Waals surface area contributed by atoms with E-state index in [0.29, 0.717) is 73.1 Å². The average molecular weight is 483 g/mol. The predicted octanol–water partition coefficient (Wildman–Crippen LogP) is 4.02. The van der Waals surface area contributed by atoms with Crippen LogP contribution in [0.4, 0.5) is 11.7 Å². The Bertz CT molecular complexity index is 1160. The van der Waals surface area contributed by atoms with E-state index in [4.69, 9.17) is 23.5 Å². The van der Waals surface area contributed by atoms with Crippen LogP contribution in [-0.4, -0.2) is 57.1 Å². The first-order valence-corrected chi connectivity index (χ1v) is 11.5. The van der Waals surface area contributed by atoms with Crippen molar-refractivity contribution in [2.24, 2.45) is 5.92 Å². The zero-order valence-corrected chi connectivity index (χ0v) is 20.4. The lowest BCUT2D eigenvalue weighted by molar-refractivity contribution is -0.120. The van der Waals surface area contributed by atoms with Crippen molar-refractivity contribution in [2.45, 2.75) is 19.8 Å². The van der Waals surface area contributed by atoms with Crippen molar-refractivity contribution >= 4 is 17.6 Å². The summed E-state index contributed by atoms with van der Waals surface area (Å²) in [6.07, 6.45) is 1.35. The molecule has 0 spiro atoms. The minimum atomic E-state index is -0.114. The lowest BCUT2D eigenvalue weighted by atomic mass is 9.96. The summed E-state index contributed by atoms with van der Waals surface area (Å²) in [5.41, 5.74) is 1.44. The number of hydrogen-bond acceptors (Lipinski definition) is 9. The van der Waals surface area contributed by atoms with Crippen LogP contribution in [0.25, 0.3) is 11.4 Å². The third-order valence-corrected chi connectivity index (χ3v) is 5.92. The van der Waals surface area contributed by atoms with E-state index in [-0.39, 0.29) is 11.8 Å². The molecule has 0 saturated carbocycles. The van der Waals surface area contributed by atoms with Crippen molar-refractivity contribution in [3.63, 3.8) is 0 Å². The summed E-state index contributed by atoms with van der Waals surface area (Å²) in [6, 6.07) is 11.3. The molecule has 1 fully saturated rings. The standard InChI is InChI=1S/C25H30N4O6/c1-5-34-20-8-6-17(14-21(20)32-3)23-27-25(35-28-23)29-12-10-16(11-13-29)24(30)26-18-7-9-19(31-2)22(15-18)33-4/h6-9,14-16H,5,10-13H2,1-4H3,(H,26,30). The molecule has 0 aliphatic carbocycles. The van der Waals surface area contributed by atoms with Crippen LogP contribution in [0.1, 0.15) is 19.8 Å². The Balaban J connectivity index is 1.36. The molecule has 10 nitrogen and oxygen atoms in total. The third-order valence-electron chi connectivity index (χ3n) is 5.92. The number of amides is 1. The van der Waals surface area contributed by atoms with Gasteiger partial charge in [-0.3, -0.25) is 4.79 Å². The summed E-state index contributed by atoms with van der Waals surface area (Å²) >= 11 is 0. The van der Waals surface area contributed by atoms with Crippen molar-refractivity contribution in [1.82, 2.24) is 10.1 Å². The van der Waals surface area contributed by atoms with Crippen LogP contribution >= 0.6 is 0 Å². The SMILES string of the molecule is CCOc1ccc(-c2noc(N3CCC(C(=O)Nc4ccc(OC)c(OC)c4)CC3)n2)cc1OC. The maximum atomic E-state index is 12.8. The van der Waals surface area contributed by atoms with Crippen LogP contribution < -0.4 is 29.2 Å². The number of ether oxygens (including phenoxy) is 4. The summed E-state index contributed by atoms with van der Waals surface area (Å²) in [7, 11) is 4.73. The van der Waals surface area contributed by atoms with Gasteiger partial charge in [-0.1, -0.05) is 5.16 Å². The van der Waals surface area contributed by atoms with E-state index in [9.17, 15) is 4.79 Å².